The fraction of sp³-hybridized carbons (Fsp3) is 0.467. The first-order chi connectivity index (χ1) is 9.33. The number of hydrogen-bond donors (Lipinski definition) is 0. The van der Waals surface area contributed by atoms with Gasteiger partial charge in [0.05, 0.1) is 0 Å². The minimum absolute atomic E-state index is 0.159. The van der Waals surface area contributed by atoms with Crippen molar-refractivity contribution in [3.63, 3.8) is 0 Å². The number of fused-ring (bicyclic) bond motifs is 4. The molecule has 1 aliphatic carbocycles. The second-order valence-corrected chi connectivity index (χ2v) is 6.52. The summed E-state index contributed by atoms with van der Waals surface area (Å²) in [6.45, 7) is 6.32. The number of rotatable bonds is 1. The fourth-order valence-electron chi connectivity index (χ4n) is 4.55. The SMILES string of the molecule is Cn1c(=O)n2n(c1=O)[C@@]1(c3ccccc3)C(C)(C)[C@]21C. The summed E-state index contributed by atoms with van der Waals surface area (Å²) in [5.74, 6) is 0. The van der Waals surface area contributed by atoms with Crippen LogP contribution in [-0.4, -0.2) is 13.9 Å². The first kappa shape index (κ1) is 11.8. The van der Waals surface area contributed by atoms with Gasteiger partial charge >= 0.3 is 11.4 Å². The van der Waals surface area contributed by atoms with Crippen molar-refractivity contribution in [3.8, 4) is 0 Å². The molecule has 5 nitrogen and oxygen atoms in total. The lowest BCUT2D eigenvalue weighted by molar-refractivity contribution is 0.169. The van der Waals surface area contributed by atoms with Gasteiger partial charge in [-0.25, -0.2) is 23.5 Å². The van der Waals surface area contributed by atoms with E-state index in [1.165, 1.54) is 11.6 Å². The topological polar surface area (TPSA) is 48.9 Å². The van der Waals surface area contributed by atoms with Gasteiger partial charge in [0.1, 0.15) is 11.1 Å². The smallest absolute Gasteiger partial charge is 0.246 e. The van der Waals surface area contributed by atoms with Crippen molar-refractivity contribution >= 4 is 0 Å². The van der Waals surface area contributed by atoms with Crippen LogP contribution in [0.15, 0.2) is 39.9 Å². The summed E-state index contributed by atoms with van der Waals surface area (Å²) in [5.41, 5.74) is -0.261. The van der Waals surface area contributed by atoms with Crippen molar-refractivity contribution in [1.82, 2.24) is 13.9 Å². The van der Waals surface area contributed by atoms with E-state index in [1.54, 1.807) is 9.36 Å². The summed E-state index contributed by atoms with van der Waals surface area (Å²) in [6, 6.07) is 10.0. The lowest BCUT2D eigenvalue weighted by atomic mass is 9.95. The Morgan fingerprint density at radius 2 is 1.45 bits per heavy atom. The molecule has 1 saturated carbocycles. The third kappa shape index (κ3) is 0.751. The number of aromatic nitrogens is 3. The van der Waals surface area contributed by atoms with E-state index in [0.29, 0.717) is 0 Å². The zero-order valence-electron chi connectivity index (χ0n) is 12.0. The second kappa shape index (κ2) is 2.85. The third-order valence-corrected chi connectivity index (χ3v) is 5.83. The molecule has 2 heterocycles. The highest BCUT2D eigenvalue weighted by atomic mass is 16.2. The molecule has 4 rings (SSSR count). The van der Waals surface area contributed by atoms with Crippen LogP contribution < -0.4 is 11.4 Å². The molecule has 5 heteroatoms. The Labute approximate surface area is 116 Å². The van der Waals surface area contributed by atoms with E-state index in [2.05, 4.69) is 20.8 Å². The first-order valence-electron chi connectivity index (χ1n) is 6.81. The maximum atomic E-state index is 12.4. The van der Waals surface area contributed by atoms with E-state index in [0.717, 1.165) is 5.56 Å². The van der Waals surface area contributed by atoms with Crippen molar-refractivity contribution in [2.24, 2.45) is 12.5 Å². The maximum absolute atomic E-state index is 12.4. The normalized spacial score (nSPS) is 32.2. The van der Waals surface area contributed by atoms with Gasteiger partial charge in [0.2, 0.25) is 0 Å². The predicted octanol–water partition coefficient (Wildman–Crippen LogP) is 0.861. The van der Waals surface area contributed by atoms with E-state index < -0.39 is 5.54 Å². The molecule has 2 aromatic rings. The molecule has 1 aromatic heterocycles. The van der Waals surface area contributed by atoms with E-state index in [9.17, 15) is 9.59 Å². The molecule has 2 atom stereocenters. The Morgan fingerprint density at radius 1 is 0.900 bits per heavy atom. The van der Waals surface area contributed by atoms with Crippen molar-refractivity contribution in [2.75, 3.05) is 0 Å². The average Bonchev–Trinajstić information content (AvgIpc) is 2.62. The molecule has 0 bridgehead atoms. The van der Waals surface area contributed by atoms with Crippen LogP contribution in [0.3, 0.4) is 0 Å². The Hall–Kier alpha value is -2.04. The van der Waals surface area contributed by atoms with E-state index in [1.807, 2.05) is 30.3 Å². The van der Waals surface area contributed by atoms with Gasteiger partial charge in [0.15, 0.2) is 0 Å². The highest BCUT2D eigenvalue weighted by Gasteiger charge is 2.91. The summed E-state index contributed by atoms with van der Waals surface area (Å²) in [7, 11) is 1.54. The monoisotopic (exact) mass is 271 g/mol. The van der Waals surface area contributed by atoms with Crippen molar-refractivity contribution < 1.29 is 0 Å². The summed E-state index contributed by atoms with van der Waals surface area (Å²) in [5, 5.41) is 0. The zero-order valence-corrected chi connectivity index (χ0v) is 12.0. The molecule has 1 aliphatic heterocycles. The van der Waals surface area contributed by atoms with Crippen molar-refractivity contribution in [2.45, 2.75) is 31.8 Å². The van der Waals surface area contributed by atoms with Gasteiger partial charge in [0.25, 0.3) is 0 Å². The van der Waals surface area contributed by atoms with E-state index in [4.69, 9.17) is 0 Å². The average molecular weight is 271 g/mol. The Bertz CT molecular complexity index is 855. The van der Waals surface area contributed by atoms with Gasteiger partial charge in [0, 0.05) is 12.5 Å². The van der Waals surface area contributed by atoms with Crippen LogP contribution in [0.5, 0.6) is 0 Å². The van der Waals surface area contributed by atoms with Gasteiger partial charge in [-0.05, 0) is 12.5 Å². The van der Waals surface area contributed by atoms with Crippen LogP contribution in [0.2, 0.25) is 0 Å². The van der Waals surface area contributed by atoms with Gasteiger partial charge in [-0.1, -0.05) is 44.2 Å². The predicted molar refractivity (Wildman–Crippen MR) is 74.9 cm³/mol. The second-order valence-electron chi connectivity index (χ2n) is 6.52. The molecule has 0 spiro atoms. The Balaban J connectivity index is 2.13. The highest BCUT2D eigenvalue weighted by Crippen LogP contribution is 2.80. The Morgan fingerprint density at radius 3 is 2.05 bits per heavy atom. The van der Waals surface area contributed by atoms with E-state index >= 15 is 0 Å². The number of hydrogen-bond acceptors (Lipinski definition) is 2. The van der Waals surface area contributed by atoms with Crippen molar-refractivity contribution in [3.05, 3.63) is 56.9 Å². The fourth-order valence-corrected chi connectivity index (χ4v) is 4.55. The molecule has 2 aliphatic rings. The first-order valence-corrected chi connectivity index (χ1v) is 6.81. The van der Waals surface area contributed by atoms with Gasteiger partial charge in [-0.3, -0.25) is 0 Å². The maximum Gasteiger partial charge on any atom is 0.347 e. The van der Waals surface area contributed by atoms with E-state index in [-0.39, 0.29) is 22.3 Å². The summed E-state index contributed by atoms with van der Waals surface area (Å²) >= 11 is 0. The third-order valence-electron chi connectivity index (χ3n) is 5.83. The minimum atomic E-state index is -0.404. The van der Waals surface area contributed by atoms with Crippen LogP contribution in [0.4, 0.5) is 0 Å². The van der Waals surface area contributed by atoms with Gasteiger partial charge < -0.3 is 0 Å². The zero-order chi connectivity index (χ0) is 14.5. The molecule has 1 aromatic carbocycles. The molecule has 0 radical (unpaired) electrons. The molecule has 0 N–H and O–H groups in total. The number of benzene rings is 1. The molecular weight excluding hydrogens is 254 g/mol. The summed E-state index contributed by atoms with van der Waals surface area (Å²) < 4.78 is 4.46. The molecule has 104 valence electrons. The summed E-state index contributed by atoms with van der Waals surface area (Å²) in [4.78, 5) is 24.7. The van der Waals surface area contributed by atoms with Crippen LogP contribution in [0.1, 0.15) is 26.3 Å². The molecule has 0 amide bonds. The van der Waals surface area contributed by atoms with Crippen molar-refractivity contribution in [1.29, 1.82) is 0 Å². The van der Waals surface area contributed by atoms with Crippen LogP contribution in [0.25, 0.3) is 0 Å². The van der Waals surface area contributed by atoms with Crippen LogP contribution in [-0.2, 0) is 18.1 Å². The molecule has 0 saturated heterocycles. The van der Waals surface area contributed by atoms with Gasteiger partial charge in [-0.15, -0.1) is 0 Å². The molecule has 20 heavy (non-hydrogen) atoms. The lowest BCUT2D eigenvalue weighted by Crippen LogP contribution is -2.54. The number of nitrogens with zero attached hydrogens (tertiary/aromatic N) is 3. The quantitative estimate of drug-likeness (QED) is 0.772. The summed E-state index contributed by atoms with van der Waals surface area (Å²) in [6.07, 6.45) is 0. The Kier molecular flexibility index (Phi) is 1.67. The molecule has 1 fully saturated rings. The van der Waals surface area contributed by atoms with Crippen LogP contribution >= 0.6 is 0 Å². The minimum Gasteiger partial charge on any atom is -0.246 e. The lowest BCUT2D eigenvalue weighted by Gasteiger charge is -2.36. The standard InChI is InChI=1S/C15H17N3O2/c1-13(2)14(3)15(13,10-8-6-5-7-9-10)18-12(20)16(4)11(19)17(14)18/h5-9H,1-4H3/t14-,15-/m0/s1. The molecular formula is C15H17N3O2. The van der Waals surface area contributed by atoms with Crippen LogP contribution in [0, 0.1) is 5.41 Å². The molecule has 0 unspecified atom stereocenters. The van der Waals surface area contributed by atoms with Gasteiger partial charge in [-0.2, -0.15) is 0 Å². The largest absolute Gasteiger partial charge is 0.347 e. The highest BCUT2D eigenvalue weighted by molar-refractivity contribution is 5.50.